The van der Waals surface area contributed by atoms with E-state index in [0.717, 1.165) is 11.1 Å². The summed E-state index contributed by atoms with van der Waals surface area (Å²) in [5, 5.41) is 7.15. The van der Waals surface area contributed by atoms with Crippen molar-refractivity contribution in [3.8, 4) is 5.75 Å². The predicted octanol–water partition coefficient (Wildman–Crippen LogP) is 2.39. The lowest BCUT2D eigenvalue weighted by Crippen LogP contribution is -2.41. The maximum Gasteiger partial charge on any atom is 0.237 e. The zero-order valence-electron chi connectivity index (χ0n) is 14.3. The Morgan fingerprint density at radius 2 is 2.33 bits per heavy atom. The smallest absolute Gasteiger partial charge is 0.237 e. The second kappa shape index (κ2) is 7.23. The number of fused-ring (bicyclic) bond motifs is 1. The van der Waals surface area contributed by atoms with E-state index in [1.54, 1.807) is 7.11 Å². The number of benzene rings is 1. The first kappa shape index (κ1) is 16.8. The molecular weight excluding hydrogens is 308 g/mol. The number of amides is 1. The molecule has 1 amide bonds. The van der Waals surface area contributed by atoms with Crippen LogP contribution < -0.4 is 15.4 Å². The van der Waals surface area contributed by atoms with Crippen molar-refractivity contribution < 1.29 is 18.7 Å². The van der Waals surface area contributed by atoms with Gasteiger partial charge >= 0.3 is 0 Å². The Hall–Kier alpha value is -2.05. The zero-order chi connectivity index (χ0) is 17.1. The number of furan rings is 1. The Balaban J connectivity index is 1.71. The van der Waals surface area contributed by atoms with Gasteiger partial charge in [0.15, 0.2) is 11.3 Å². The van der Waals surface area contributed by atoms with E-state index in [1.165, 1.54) is 0 Å². The van der Waals surface area contributed by atoms with E-state index >= 15 is 0 Å². The molecule has 3 atom stereocenters. The van der Waals surface area contributed by atoms with Crippen molar-refractivity contribution in [2.75, 3.05) is 20.3 Å². The molecule has 1 aromatic carbocycles. The van der Waals surface area contributed by atoms with Gasteiger partial charge in [-0.05, 0) is 32.4 Å². The molecule has 0 saturated carbocycles. The van der Waals surface area contributed by atoms with Gasteiger partial charge in [0.1, 0.15) is 5.76 Å². The summed E-state index contributed by atoms with van der Waals surface area (Å²) in [6.45, 7) is 5.13. The van der Waals surface area contributed by atoms with E-state index in [1.807, 2.05) is 38.1 Å². The van der Waals surface area contributed by atoms with Crippen molar-refractivity contribution >= 4 is 16.9 Å². The summed E-state index contributed by atoms with van der Waals surface area (Å²) in [5.41, 5.74) is 0.717. The number of hydrogen-bond acceptors (Lipinski definition) is 5. The number of nitrogens with one attached hydrogen (secondary N) is 2. The van der Waals surface area contributed by atoms with Gasteiger partial charge in [-0.1, -0.05) is 12.1 Å². The van der Waals surface area contributed by atoms with Crippen LogP contribution in [-0.4, -0.2) is 38.3 Å². The van der Waals surface area contributed by atoms with Crippen LogP contribution in [0.15, 0.2) is 28.7 Å². The second-order valence-corrected chi connectivity index (χ2v) is 6.04. The Morgan fingerprint density at radius 3 is 3.04 bits per heavy atom. The van der Waals surface area contributed by atoms with Crippen molar-refractivity contribution in [1.29, 1.82) is 0 Å². The van der Waals surface area contributed by atoms with Crippen LogP contribution in [0.4, 0.5) is 0 Å². The SMILES string of the molecule is CCOc1cccc2cc([C@@H](C)NC(=O)[C@H]3C[C@H](OC)CN3)oc12. The second-order valence-electron chi connectivity index (χ2n) is 6.04. The fraction of sp³-hybridized carbons (Fsp3) is 0.500. The number of ether oxygens (including phenoxy) is 2. The molecule has 24 heavy (non-hydrogen) atoms. The van der Waals surface area contributed by atoms with Crippen molar-refractivity contribution in [2.24, 2.45) is 0 Å². The summed E-state index contributed by atoms with van der Waals surface area (Å²) in [4.78, 5) is 12.4. The summed E-state index contributed by atoms with van der Waals surface area (Å²) in [6, 6.07) is 7.30. The third kappa shape index (κ3) is 3.39. The largest absolute Gasteiger partial charge is 0.490 e. The third-order valence-electron chi connectivity index (χ3n) is 4.35. The number of carbonyl (C=O) groups excluding carboxylic acids is 1. The Labute approximate surface area is 141 Å². The van der Waals surface area contributed by atoms with Gasteiger partial charge in [0.25, 0.3) is 0 Å². The summed E-state index contributed by atoms with van der Waals surface area (Å²) >= 11 is 0. The molecule has 1 saturated heterocycles. The van der Waals surface area contributed by atoms with Gasteiger partial charge in [-0.2, -0.15) is 0 Å². The van der Waals surface area contributed by atoms with Crippen LogP contribution in [0.3, 0.4) is 0 Å². The summed E-state index contributed by atoms with van der Waals surface area (Å²) in [7, 11) is 1.67. The van der Waals surface area contributed by atoms with E-state index in [4.69, 9.17) is 13.9 Å². The van der Waals surface area contributed by atoms with Gasteiger partial charge < -0.3 is 24.5 Å². The summed E-state index contributed by atoms with van der Waals surface area (Å²) < 4.78 is 16.8. The first-order chi connectivity index (χ1) is 11.6. The minimum Gasteiger partial charge on any atom is -0.490 e. The lowest BCUT2D eigenvalue weighted by Gasteiger charge is -2.15. The molecule has 0 spiro atoms. The Kier molecular flexibility index (Phi) is 5.06. The molecule has 2 aromatic rings. The quantitative estimate of drug-likeness (QED) is 0.850. The first-order valence-corrected chi connectivity index (χ1v) is 8.34. The number of para-hydroxylation sites is 1. The highest BCUT2D eigenvalue weighted by molar-refractivity contribution is 5.85. The fourth-order valence-corrected chi connectivity index (χ4v) is 3.01. The number of rotatable bonds is 6. The lowest BCUT2D eigenvalue weighted by molar-refractivity contribution is -0.123. The van der Waals surface area contributed by atoms with Crippen LogP contribution in [0.25, 0.3) is 11.0 Å². The van der Waals surface area contributed by atoms with E-state index in [0.29, 0.717) is 30.9 Å². The van der Waals surface area contributed by atoms with E-state index < -0.39 is 0 Å². The van der Waals surface area contributed by atoms with Crippen molar-refractivity contribution in [1.82, 2.24) is 10.6 Å². The third-order valence-corrected chi connectivity index (χ3v) is 4.35. The van der Waals surface area contributed by atoms with Crippen LogP contribution >= 0.6 is 0 Å². The number of carbonyl (C=O) groups is 1. The molecule has 0 aliphatic carbocycles. The van der Waals surface area contributed by atoms with E-state index in [9.17, 15) is 4.79 Å². The molecule has 0 unspecified atom stereocenters. The van der Waals surface area contributed by atoms with Crippen molar-refractivity contribution in [3.63, 3.8) is 0 Å². The molecule has 1 aromatic heterocycles. The summed E-state index contributed by atoms with van der Waals surface area (Å²) in [6.07, 6.45) is 0.778. The Bertz CT molecular complexity index is 712. The molecule has 0 radical (unpaired) electrons. The number of methoxy groups -OCH3 is 1. The molecule has 6 heteroatoms. The molecule has 130 valence electrons. The lowest BCUT2D eigenvalue weighted by atomic mass is 10.1. The minimum absolute atomic E-state index is 0.0347. The molecular formula is C18H24N2O4. The fourth-order valence-electron chi connectivity index (χ4n) is 3.01. The molecule has 0 bridgehead atoms. The standard InChI is InChI=1S/C18H24N2O4/c1-4-23-15-7-5-6-12-8-16(24-17(12)15)11(2)20-18(21)14-9-13(22-3)10-19-14/h5-8,11,13-14,19H,4,9-10H2,1-3H3,(H,20,21)/t11-,13+,14-/m1/s1. The minimum atomic E-state index is -0.222. The van der Waals surface area contributed by atoms with Crippen LogP contribution in [0.5, 0.6) is 5.75 Å². The van der Waals surface area contributed by atoms with Gasteiger partial charge in [0, 0.05) is 19.0 Å². The van der Waals surface area contributed by atoms with Crippen LogP contribution in [-0.2, 0) is 9.53 Å². The average Bonchev–Trinajstić information content (AvgIpc) is 3.22. The van der Waals surface area contributed by atoms with Crippen LogP contribution in [0.1, 0.15) is 32.1 Å². The van der Waals surface area contributed by atoms with Gasteiger partial charge in [0.2, 0.25) is 5.91 Å². The highest BCUT2D eigenvalue weighted by Gasteiger charge is 2.30. The van der Waals surface area contributed by atoms with Crippen LogP contribution in [0.2, 0.25) is 0 Å². The molecule has 3 rings (SSSR count). The highest BCUT2D eigenvalue weighted by Crippen LogP contribution is 2.31. The molecule has 6 nitrogen and oxygen atoms in total. The van der Waals surface area contributed by atoms with Gasteiger partial charge in [-0.3, -0.25) is 4.79 Å². The average molecular weight is 332 g/mol. The molecule has 1 aliphatic heterocycles. The van der Waals surface area contributed by atoms with Gasteiger partial charge in [-0.25, -0.2) is 0 Å². The van der Waals surface area contributed by atoms with E-state index in [2.05, 4.69) is 10.6 Å². The van der Waals surface area contributed by atoms with Gasteiger partial charge in [-0.15, -0.1) is 0 Å². The normalized spacial score (nSPS) is 21.8. The monoisotopic (exact) mass is 332 g/mol. The molecule has 2 N–H and O–H groups in total. The maximum absolute atomic E-state index is 12.4. The van der Waals surface area contributed by atoms with Gasteiger partial charge in [0.05, 0.1) is 24.8 Å². The molecule has 1 fully saturated rings. The van der Waals surface area contributed by atoms with Crippen LogP contribution in [0, 0.1) is 0 Å². The topological polar surface area (TPSA) is 72.7 Å². The van der Waals surface area contributed by atoms with Crippen molar-refractivity contribution in [2.45, 2.75) is 38.5 Å². The Morgan fingerprint density at radius 1 is 1.50 bits per heavy atom. The summed E-state index contributed by atoms with van der Waals surface area (Å²) in [5.74, 6) is 1.40. The molecule has 2 heterocycles. The number of hydrogen-bond donors (Lipinski definition) is 2. The predicted molar refractivity (Wildman–Crippen MR) is 91.1 cm³/mol. The van der Waals surface area contributed by atoms with E-state index in [-0.39, 0.29) is 24.1 Å². The molecule has 1 aliphatic rings. The highest BCUT2D eigenvalue weighted by atomic mass is 16.5. The maximum atomic E-state index is 12.4. The zero-order valence-corrected chi connectivity index (χ0v) is 14.3. The first-order valence-electron chi connectivity index (χ1n) is 8.34. The van der Waals surface area contributed by atoms with Crippen molar-refractivity contribution in [3.05, 3.63) is 30.0 Å².